The van der Waals surface area contributed by atoms with E-state index in [0.29, 0.717) is 13.1 Å². The zero-order valence-electron chi connectivity index (χ0n) is 15.5. The number of halogens is 1. The molecule has 1 aromatic rings. The molecule has 138 valence electrons. The van der Waals surface area contributed by atoms with E-state index < -0.39 is 11.5 Å². The zero-order valence-corrected chi connectivity index (χ0v) is 16.3. The van der Waals surface area contributed by atoms with E-state index in [2.05, 4.69) is 10.2 Å². The highest BCUT2D eigenvalue weighted by molar-refractivity contribution is 6.30. The van der Waals surface area contributed by atoms with Gasteiger partial charge in [-0.3, -0.25) is 14.5 Å². The first kappa shape index (κ1) is 19.7. The lowest BCUT2D eigenvalue weighted by Gasteiger charge is -2.36. The number of amides is 2. The molecule has 0 saturated carbocycles. The Kier molecular flexibility index (Phi) is 6.47. The van der Waals surface area contributed by atoms with E-state index >= 15 is 0 Å². The third-order valence-corrected chi connectivity index (χ3v) is 4.65. The van der Waals surface area contributed by atoms with Gasteiger partial charge in [0, 0.05) is 43.2 Å². The molecule has 0 radical (unpaired) electrons. The molecule has 1 heterocycles. The highest BCUT2D eigenvalue weighted by atomic mass is 35.5. The van der Waals surface area contributed by atoms with Crippen molar-refractivity contribution in [2.24, 2.45) is 5.41 Å². The number of benzene rings is 1. The number of piperazine rings is 1. The van der Waals surface area contributed by atoms with Crippen LogP contribution in [0, 0.1) is 5.41 Å². The van der Waals surface area contributed by atoms with Crippen LogP contribution in [-0.4, -0.2) is 53.8 Å². The van der Waals surface area contributed by atoms with Gasteiger partial charge in [0.15, 0.2) is 0 Å². The summed E-state index contributed by atoms with van der Waals surface area (Å²) < 4.78 is 0. The van der Waals surface area contributed by atoms with Gasteiger partial charge in [-0.2, -0.15) is 0 Å². The second-order valence-corrected chi connectivity index (χ2v) is 8.11. The third-order valence-electron chi connectivity index (χ3n) is 4.40. The summed E-state index contributed by atoms with van der Waals surface area (Å²) in [7, 11) is 0. The van der Waals surface area contributed by atoms with E-state index in [-0.39, 0.29) is 11.8 Å². The summed E-state index contributed by atoms with van der Waals surface area (Å²) in [4.78, 5) is 28.7. The molecule has 1 fully saturated rings. The van der Waals surface area contributed by atoms with Crippen LogP contribution in [-0.2, 0) is 16.1 Å². The Hall–Kier alpha value is -1.59. The SMILES string of the molecule is CC(NC(=O)C(C)(C)C)C(=O)N1CCN(Cc2ccc(Cl)cc2)CC1. The molecule has 0 aromatic heterocycles. The Labute approximate surface area is 155 Å². The van der Waals surface area contributed by atoms with E-state index in [0.717, 1.165) is 24.7 Å². The normalized spacial score (nSPS) is 17.2. The van der Waals surface area contributed by atoms with E-state index in [1.54, 1.807) is 6.92 Å². The predicted octanol–water partition coefficient (Wildman–Crippen LogP) is 2.54. The van der Waals surface area contributed by atoms with Gasteiger partial charge < -0.3 is 10.2 Å². The summed E-state index contributed by atoms with van der Waals surface area (Å²) in [5.41, 5.74) is 0.723. The quantitative estimate of drug-likeness (QED) is 0.892. The maximum absolute atomic E-state index is 12.5. The lowest BCUT2D eigenvalue weighted by atomic mass is 9.95. The monoisotopic (exact) mass is 365 g/mol. The minimum absolute atomic E-state index is 0.0104. The molecule has 2 rings (SSSR count). The number of hydrogen-bond acceptors (Lipinski definition) is 3. The van der Waals surface area contributed by atoms with Crippen molar-refractivity contribution < 1.29 is 9.59 Å². The molecule has 1 N–H and O–H groups in total. The highest BCUT2D eigenvalue weighted by Crippen LogP contribution is 2.15. The summed E-state index contributed by atoms with van der Waals surface area (Å²) in [5, 5.41) is 3.56. The van der Waals surface area contributed by atoms with E-state index in [1.165, 1.54) is 5.56 Å². The van der Waals surface area contributed by atoms with Crippen LogP contribution < -0.4 is 5.32 Å². The van der Waals surface area contributed by atoms with Crippen molar-refractivity contribution >= 4 is 23.4 Å². The summed E-state index contributed by atoms with van der Waals surface area (Å²) in [6.07, 6.45) is 0. The molecule has 1 saturated heterocycles. The van der Waals surface area contributed by atoms with Crippen molar-refractivity contribution in [1.82, 2.24) is 15.1 Å². The van der Waals surface area contributed by atoms with Crippen LogP contribution in [0.1, 0.15) is 33.3 Å². The summed E-state index contributed by atoms with van der Waals surface area (Å²) in [6, 6.07) is 7.37. The number of rotatable bonds is 4. The lowest BCUT2D eigenvalue weighted by Crippen LogP contribution is -2.54. The van der Waals surface area contributed by atoms with Crippen molar-refractivity contribution in [2.45, 2.75) is 40.3 Å². The van der Waals surface area contributed by atoms with Crippen LogP contribution in [0.3, 0.4) is 0 Å². The Bertz CT molecular complexity index is 602. The molecule has 1 unspecified atom stereocenters. The first-order valence-electron chi connectivity index (χ1n) is 8.73. The molecule has 1 aliphatic heterocycles. The van der Waals surface area contributed by atoms with E-state index in [9.17, 15) is 9.59 Å². The number of hydrogen-bond donors (Lipinski definition) is 1. The summed E-state index contributed by atoms with van der Waals surface area (Å²) in [6.45, 7) is 11.2. The van der Waals surface area contributed by atoms with E-state index in [1.807, 2.05) is 49.9 Å². The minimum atomic E-state index is -0.494. The van der Waals surface area contributed by atoms with Crippen molar-refractivity contribution in [3.63, 3.8) is 0 Å². The van der Waals surface area contributed by atoms with Gasteiger partial charge in [0.2, 0.25) is 11.8 Å². The molecule has 1 atom stereocenters. The van der Waals surface area contributed by atoms with Crippen LogP contribution in [0.2, 0.25) is 5.02 Å². The van der Waals surface area contributed by atoms with Crippen LogP contribution in [0.25, 0.3) is 0 Å². The van der Waals surface area contributed by atoms with Crippen LogP contribution in [0.4, 0.5) is 0 Å². The summed E-state index contributed by atoms with van der Waals surface area (Å²) >= 11 is 5.91. The average molecular weight is 366 g/mol. The molecule has 1 aromatic carbocycles. The Balaban J connectivity index is 1.81. The van der Waals surface area contributed by atoms with E-state index in [4.69, 9.17) is 11.6 Å². The average Bonchev–Trinajstić information content (AvgIpc) is 2.56. The lowest BCUT2D eigenvalue weighted by molar-refractivity contribution is -0.139. The first-order chi connectivity index (χ1) is 11.7. The maximum atomic E-state index is 12.5. The van der Waals surface area contributed by atoms with Gasteiger partial charge in [0.1, 0.15) is 6.04 Å². The van der Waals surface area contributed by atoms with Gasteiger partial charge in [-0.1, -0.05) is 44.5 Å². The van der Waals surface area contributed by atoms with Gasteiger partial charge in [0.25, 0.3) is 0 Å². The fourth-order valence-electron chi connectivity index (χ4n) is 2.72. The minimum Gasteiger partial charge on any atom is -0.344 e. The fraction of sp³-hybridized carbons (Fsp3) is 0.579. The van der Waals surface area contributed by atoms with Crippen molar-refractivity contribution in [2.75, 3.05) is 26.2 Å². The molecule has 1 aliphatic rings. The topological polar surface area (TPSA) is 52.7 Å². The van der Waals surface area contributed by atoms with Gasteiger partial charge in [-0.25, -0.2) is 0 Å². The number of nitrogens with zero attached hydrogens (tertiary/aromatic N) is 2. The molecule has 25 heavy (non-hydrogen) atoms. The molecule has 0 aliphatic carbocycles. The Morgan fingerprint density at radius 2 is 1.68 bits per heavy atom. The second-order valence-electron chi connectivity index (χ2n) is 7.67. The molecular weight excluding hydrogens is 338 g/mol. The standard InChI is InChI=1S/C19H28ClN3O2/c1-14(21-18(25)19(2,3)4)17(24)23-11-9-22(10-12-23)13-15-5-7-16(20)8-6-15/h5-8,14H,9-13H2,1-4H3,(H,21,25). The molecule has 2 amide bonds. The molecule has 0 spiro atoms. The number of carbonyl (C=O) groups excluding carboxylic acids is 2. The van der Waals surface area contributed by atoms with Crippen LogP contribution in [0.5, 0.6) is 0 Å². The smallest absolute Gasteiger partial charge is 0.244 e. The maximum Gasteiger partial charge on any atom is 0.244 e. The molecule has 5 nitrogen and oxygen atoms in total. The summed E-state index contributed by atoms with van der Waals surface area (Å²) in [5.74, 6) is -0.113. The van der Waals surface area contributed by atoms with Crippen molar-refractivity contribution in [3.8, 4) is 0 Å². The van der Waals surface area contributed by atoms with Crippen molar-refractivity contribution in [1.29, 1.82) is 0 Å². The van der Waals surface area contributed by atoms with Gasteiger partial charge in [-0.05, 0) is 24.6 Å². The van der Waals surface area contributed by atoms with Gasteiger partial charge >= 0.3 is 0 Å². The second kappa shape index (κ2) is 8.19. The Morgan fingerprint density at radius 3 is 2.20 bits per heavy atom. The molecule has 6 heteroatoms. The molecule has 0 bridgehead atoms. The fourth-order valence-corrected chi connectivity index (χ4v) is 2.85. The Morgan fingerprint density at radius 1 is 1.12 bits per heavy atom. The van der Waals surface area contributed by atoms with Crippen LogP contribution in [0.15, 0.2) is 24.3 Å². The number of nitrogens with one attached hydrogen (secondary N) is 1. The largest absolute Gasteiger partial charge is 0.344 e. The first-order valence-corrected chi connectivity index (χ1v) is 9.11. The number of carbonyl (C=O) groups is 2. The third kappa shape index (κ3) is 5.72. The van der Waals surface area contributed by atoms with Crippen molar-refractivity contribution in [3.05, 3.63) is 34.9 Å². The molecular formula is C19H28ClN3O2. The van der Waals surface area contributed by atoms with Gasteiger partial charge in [-0.15, -0.1) is 0 Å². The van der Waals surface area contributed by atoms with Crippen LogP contribution >= 0.6 is 11.6 Å². The predicted molar refractivity (Wildman–Crippen MR) is 100 cm³/mol. The highest BCUT2D eigenvalue weighted by Gasteiger charge is 2.29. The van der Waals surface area contributed by atoms with Gasteiger partial charge in [0.05, 0.1) is 0 Å². The zero-order chi connectivity index (χ0) is 18.6.